The predicted molar refractivity (Wildman–Crippen MR) is 38.9 cm³/mol. The number of aromatic nitrogens is 1. The highest BCUT2D eigenvalue weighted by atomic mass is 35.5. The van der Waals surface area contributed by atoms with Crippen molar-refractivity contribution in [1.29, 1.82) is 0 Å². The van der Waals surface area contributed by atoms with E-state index in [9.17, 15) is 9.59 Å². The lowest BCUT2D eigenvalue weighted by molar-refractivity contribution is 0.106. The van der Waals surface area contributed by atoms with Crippen LogP contribution in [-0.4, -0.2) is 9.98 Å². The normalized spacial score (nSPS) is 10.1. The Morgan fingerprint density at radius 2 is 2.18 bits per heavy atom. The van der Waals surface area contributed by atoms with Gasteiger partial charge in [0, 0.05) is 7.05 Å². The quantitative estimate of drug-likeness (QED) is 0.590. The molecule has 0 fully saturated rings. The first-order valence-corrected chi connectivity index (χ1v) is 3.28. The van der Waals surface area contributed by atoms with Gasteiger partial charge in [-0.05, 0) is 18.5 Å². The van der Waals surface area contributed by atoms with Crippen LogP contribution in [0.4, 0.5) is 0 Å². The Morgan fingerprint density at radius 3 is 2.36 bits per heavy atom. The van der Waals surface area contributed by atoms with Gasteiger partial charge in [0.2, 0.25) is 0 Å². The van der Waals surface area contributed by atoms with Crippen molar-refractivity contribution >= 4 is 16.8 Å². The van der Waals surface area contributed by atoms with E-state index in [0.717, 1.165) is 4.74 Å². The highest BCUT2D eigenvalue weighted by molar-refractivity contribution is 6.67. The van der Waals surface area contributed by atoms with Crippen LogP contribution in [0.15, 0.2) is 9.32 Å². The second kappa shape index (κ2) is 2.54. The average Bonchev–Trinajstić information content (AvgIpc) is 2.07. The summed E-state index contributed by atoms with van der Waals surface area (Å²) in [4.78, 5) is 21.4. The summed E-state index contributed by atoms with van der Waals surface area (Å²) in [7, 11) is 1.45. The van der Waals surface area contributed by atoms with Crippen molar-refractivity contribution in [3.63, 3.8) is 0 Å². The van der Waals surface area contributed by atoms with Crippen molar-refractivity contribution in [2.24, 2.45) is 7.05 Å². The molecule has 1 aromatic rings. The molecule has 0 radical (unpaired) electrons. The Kier molecular flexibility index (Phi) is 1.87. The maximum atomic E-state index is 10.8. The van der Waals surface area contributed by atoms with E-state index >= 15 is 0 Å². The molecule has 0 spiro atoms. The van der Waals surface area contributed by atoms with Crippen LogP contribution in [0.2, 0.25) is 0 Å². The third-order valence-electron chi connectivity index (χ3n) is 1.38. The van der Waals surface area contributed by atoms with Crippen LogP contribution in [0.5, 0.6) is 0 Å². The second-order valence-corrected chi connectivity index (χ2v) is 2.47. The highest BCUT2D eigenvalue weighted by Gasteiger charge is 2.15. The van der Waals surface area contributed by atoms with E-state index in [0.29, 0.717) is 0 Å². The van der Waals surface area contributed by atoms with Gasteiger partial charge in [-0.25, -0.2) is 9.53 Å². The van der Waals surface area contributed by atoms with Crippen LogP contribution in [0.25, 0.3) is 0 Å². The zero-order valence-electron chi connectivity index (χ0n) is 6.05. The van der Waals surface area contributed by atoms with E-state index in [4.69, 9.17) is 11.6 Å². The fourth-order valence-corrected chi connectivity index (χ4v) is 1.10. The summed E-state index contributed by atoms with van der Waals surface area (Å²) in [5, 5.41) is -0.684. The van der Waals surface area contributed by atoms with Gasteiger partial charge in [0.25, 0.3) is 5.24 Å². The maximum Gasteiger partial charge on any atom is 0.361 e. The zero-order chi connectivity index (χ0) is 8.59. The molecule has 0 aliphatic carbocycles. The SMILES string of the molecule is Cc1c(C(=O)Cl)n(C)oc1=O. The number of hydrogen-bond donors (Lipinski definition) is 0. The third-order valence-corrected chi connectivity index (χ3v) is 1.56. The number of carbonyl (C=O) groups excluding carboxylic acids is 1. The summed E-state index contributed by atoms with van der Waals surface area (Å²) in [5.41, 5.74) is -0.180. The molecule has 0 amide bonds. The third kappa shape index (κ3) is 1.21. The molecule has 60 valence electrons. The molecule has 0 atom stereocenters. The van der Waals surface area contributed by atoms with Crippen molar-refractivity contribution in [3.8, 4) is 0 Å². The van der Waals surface area contributed by atoms with Crippen LogP contribution >= 0.6 is 11.6 Å². The molecule has 0 aliphatic heterocycles. The van der Waals surface area contributed by atoms with E-state index in [2.05, 4.69) is 4.52 Å². The summed E-state index contributed by atoms with van der Waals surface area (Å²) in [6.07, 6.45) is 0. The van der Waals surface area contributed by atoms with Crippen LogP contribution < -0.4 is 5.63 Å². The van der Waals surface area contributed by atoms with Gasteiger partial charge >= 0.3 is 5.63 Å². The Balaban J connectivity index is 3.46. The van der Waals surface area contributed by atoms with Crippen LogP contribution in [0.1, 0.15) is 16.1 Å². The zero-order valence-corrected chi connectivity index (χ0v) is 6.81. The molecule has 11 heavy (non-hydrogen) atoms. The molecule has 4 nitrogen and oxygen atoms in total. The molecular formula is C6H6ClNO3. The topological polar surface area (TPSA) is 52.2 Å². The molecule has 1 aromatic heterocycles. The van der Waals surface area contributed by atoms with Gasteiger partial charge in [-0.15, -0.1) is 0 Å². The van der Waals surface area contributed by atoms with Gasteiger partial charge in [0.1, 0.15) is 5.69 Å². The molecule has 1 rings (SSSR count). The minimum atomic E-state index is -0.684. The van der Waals surface area contributed by atoms with E-state index < -0.39 is 10.9 Å². The van der Waals surface area contributed by atoms with Crippen molar-refractivity contribution in [3.05, 3.63) is 21.7 Å². The first-order valence-electron chi connectivity index (χ1n) is 2.90. The lowest BCUT2D eigenvalue weighted by Gasteiger charge is -1.91. The number of halogens is 1. The lowest BCUT2D eigenvalue weighted by Crippen LogP contribution is -2.01. The van der Waals surface area contributed by atoms with Crippen LogP contribution in [0.3, 0.4) is 0 Å². The van der Waals surface area contributed by atoms with Crippen molar-refractivity contribution < 1.29 is 9.32 Å². The molecule has 5 heteroatoms. The molecule has 0 N–H and O–H groups in total. The van der Waals surface area contributed by atoms with Crippen molar-refractivity contribution in [2.45, 2.75) is 6.92 Å². The van der Waals surface area contributed by atoms with E-state index in [-0.39, 0.29) is 11.3 Å². The number of nitrogens with zero attached hydrogens (tertiary/aromatic N) is 1. The number of aryl methyl sites for hydroxylation is 1. The maximum absolute atomic E-state index is 10.8. The smallest absolute Gasteiger partial charge is 0.336 e. The van der Waals surface area contributed by atoms with E-state index in [1.54, 1.807) is 0 Å². The molecular weight excluding hydrogens is 170 g/mol. The summed E-state index contributed by atoms with van der Waals surface area (Å²) in [5.74, 6) is 0. The largest absolute Gasteiger partial charge is 0.361 e. The number of carbonyl (C=O) groups is 1. The minimum Gasteiger partial charge on any atom is -0.336 e. The molecule has 1 heterocycles. The number of hydrogen-bond acceptors (Lipinski definition) is 3. The summed E-state index contributed by atoms with van der Waals surface area (Å²) in [6.45, 7) is 1.49. The Morgan fingerprint density at radius 1 is 1.64 bits per heavy atom. The van der Waals surface area contributed by atoms with Gasteiger partial charge in [-0.3, -0.25) is 4.79 Å². The van der Waals surface area contributed by atoms with Gasteiger partial charge in [-0.2, -0.15) is 0 Å². The van der Waals surface area contributed by atoms with Gasteiger partial charge in [0.15, 0.2) is 0 Å². The van der Waals surface area contributed by atoms with Gasteiger partial charge in [0.05, 0.1) is 5.56 Å². The summed E-state index contributed by atoms with van der Waals surface area (Å²) >= 11 is 5.17. The fraction of sp³-hybridized carbons (Fsp3) is 0.333. The van der Waals surface area contributed by atoms with Crippen molar-refractivity contribution in [2.75, 3.05) is 0 Å². The summed E-state index contributed by atoms with van der Waals surface area (Å²) < 4.78 is 5.62. The predicted octanol–water partition coefficient (Wildman–Crippen LogP) is 0.666. The summed E-state index contributed by atoms with van der Waals surface area (Å²) in [6, 6.07) is 0. The molecule has 0 saturated carbocycles. The van der Waals surface area contributed by atoms with E-state index in [1.165, 1.54) is 14.0 Å². The first-order chi connectivity index (χ1) is 5.04. The molecule has 0 aromatic carbocycles. The number of rotatable bonds is 1. The Hall–Kier alpha value is -1.03. The van der Waals surface area contributed by atoms with Gasteiger partial charge < -0.3 is 4.52 Å². The lowest BCUT2D eigenvalue weighted by atomic mass is 10.3. The average molecular weight is 176 g/mol. The van der Waals surface area contributed by atoms with Crippen molar-refractivity contribution in [1.82, 2.24) is 4.74 Å². The standard InChI is InChI=1S/C6H6ClNO3/c1-3-4(5(7)9)8(2)11-6(3)10/h1-2H3. The highest BCUT2D eigenvalue weighted by Crippen LogP contribution is 2.05. The fourth-order valence-electron chi connectivity index (χ4n) is 0.843. The Bertz CT molecular complexity index is 349. The molecule has 0 bridgehead atoms. The molecule has 0 aliphatic rings. The second-order valence-electron chi connectivity index (χ2n) is 2.12. The Labute approximate surface area is 67.3 Å². The molecule has 0 unspecified atom stereocenters. The van der Waals surface area contributed by atoms with Gasteiger partial charge in [-0.1, -0.05) is 0 Å². The minimum absolute atomic E-state index is 0.108. The molecule has 0 saturated heterocycles. The first kappa shape index (κ1) is 8.07. The van der Waals surface area contributed by atoms with E-state index in [1.807, 2.05) is 0 Å². The van der Waals surface area contributed by atoms with Crippen LogP contribution in [-0.2, 0) is 7.05 Å². The van der Waals surface area contributed by atoms with Crippen LogP contribution in [0, 0.1) is 6.92 Å². The monoisotopic (exact) mass is 175 g/mol.